The van der Waals surface area contributed by atoms with Crippen LogP contribution in [0.2, 0.25) is 0 Å². The van der Waals surface area contributed by atoms with Crippen molar-refractivity contribution in [1.29, 1.82) is 0 Å². The molecule has 1 aromatic carbocycles. The zero-order valence-corrected chi connectivity index (χ0v) is 12.1. The highest BCUT2D eigenvalue weighted by Crippen LogP contribution is 2.37. The van der Waals surface area contributed by atoms with Gasteiger partial charge in [0.25, 0.3) is 0 Å². The first-order valence-electron chi connectivity index (χ1n) is 7.60. The fourth-order valence-corrected chi connectivity index (χ4v) is 3.46. The molecular weight excluding hydrogens is 266 g/mol. The Labute approximate surface area is 123 Å². The van der Waals surface area contributed by atoms with Gasteiger partial charge in [-0.1, -0.05) is 29.8 Å². The lowest BCUT2D eigenvalue weighted by atomic mass is 10.0. The van der Waals surface area contributed by atoms with Gasteiger partial charge in [-0.15, -0.1) is 0 Å². The van der Waals surface area contributed by atoms with Crippen LogP contribution in [0.25, 0.3) is 0 Å². The summed E-state index contributed by atoms with van der Waals surface area (Å²) in [5, 5.41) is 7.50. The third kappa shape index (κ3) is 2.21. The Balaban J connectivity index is 1.53. The zero-order chi connectivity index (χ0) is 14.2. The average Bonchev–Trinajstić information content (AvgIpc) is 3.23. The van der Waals surface area contributed by atoms with Crippen LogP contribution in [0.1, 0.15) is 48.6 Å². The van der Waals surface area contributed by atoms with Crippen LogP contribution in [0.3, 0.4) is 0 Å². The van der Waals surface area contributed by atoms with Crippen LogP contribution in [-0.2, 0) is 6.42 Å². The molecule has 4 rings (SSSR count). The van der Waals surface area contributed by atoms with Crippen LogP contribution in [0, 0.1) is 0 Å². The van der Waals surface area contributed by atoms with E-state index in [0.29, 0.717) is 17.8 Å². The van der Waals surface area contributed by atoms with Gasteiger partial charge in [-0.05, 0) is 31.5 Å². The van der Waals surface area contributed by atoms with Gasteiger partial charge in [0.1, 0.15) is 5.75 Å². The van der Waals surface area contributed by atoms with E-state index in [-0.39, 0.29) is 6.10 Å². The average molecular weight is 285 g/mol. The predicted octanol–water partition coefficient (Wildman–Crippen LogP) is 2.60. The fraction of sp³-hybridized carbons (Fsp3) is 0.500. The van der Waals surface area contributed by atoms with Crippen LogP contribution in [0.5, 0.6) is 5.75 Å². The third-order valence-corrected chi connectivity index (χ3v) is 4.60. The molecule has 3 atom stereocenters. The second-order valence-electron chi connectivity index (χ2n) is 5.84. The molecule has 5 heteroatoms. The van der Waals surface area contributed by atoms with Crippen molar-refractivity contribution in [3.05, 3.63) is 41.5 Å². The number of fused-ring (bicyclic) bond motifs is 1. The molecule has 1 aliphatic heterocycles. The number of aromatic nitrogens is 2. The van der Waals surface area contributed by atoms with Crippen molar-refractivity contribution >= 4 is 0 Å². The fourth-order valence-electron chi connectivity index (χ4n) is 3.46. The standard InChI is InChI=1S/C16H19N3O2/c1-17-12-7-4-6-11(12)16-18-15(19-21-16)14-9-10-5-2-3-8-13(10)20-14/h2-3,5,8,11-12,14,17H,4,6-7,9H2,1H3. The van der Waals surface area contributed by atoms with Gasteiger partial charge in [-0.25, -0.2) is 0 Å². The van der Waals surface area contributed by atoms with Gasteiger partial charge in [0.15, 0.2) is 6.10 Å². The van der Waals surface area contributed by atoms with Crippen LogP contribution >= 0.6 is 0 Å². The van der Waals surface area contributed by atoms with E-state index in [4.69, 9.17) is 9.26 Å². The lowest BCUT2D eigenvalue weighted by Gasteiger charge is -2.14. The molecule has 0 amide bonds. The second-order valence-corrected chi connectivity index (χ2v) is 5.84. The number of para-hydroxylation sites is 1. The van der Waals surface area contributed by atoms with E-state index in [1.54, 1.807) is 0 Å². The van der Waals surface area contributed by atoms with E-state index in [0.717, 1.165) is 24.5 Å². The van der Waals surface area contributed by atoms with E-state index in [1.807, 2.05) is 25.2 Å². The highest BCUT2D eigenvalue weighted by atomic mass is 16.5. The molecule has 5 nitrogen and oxygen atoms in total. The van der Waals surface area contributed by atoms with E-state index in [9.17, 15) is 0 Å². The van der Waals surface area contributed by atoms with Crippen molar-refractivity contribution in [2.24, 2.45) is 0 Å². The number of ether oxygens (including phenoxy) is 1. The van der Waals surface area contributed by atoms with E-state index in [1.165, 1.54) is 18.4 Å². The van der Waals surface area contributed by atoms with Gasteiger partial charge >= 0.3 is 0 Å². The first-order chi connectivity index (χ1) is 10.3. The molecule has 2 heterocycles. The summed E-state index contributed by atoms with van der Waals surface area (Å²) in [6.07, 6.45) is 4.19. The second kappa shape index (κ2) is 5.15. The zero-order valence-electron chi connectivity index (χ0n) is 12.1. The molecule has 1 saturated carbocycles. The molecule has 1 aromatic heterocycles. The number of hydrogen-bond acceptors (Lipinski definition) is 5. The number of likely N-dealkylation sites (N-methyl/N-ethyl adjacent to an activating group) is 1. The minimum absolute atomic E-state index is 0.116. The Bertz CT molecular complexity index is 615. The Kier molecular flexibility index (Phi) is 3.15. The van der Waals surface area contributed by atoms with Crippen molar-refractivity contribution in [3.8, 4) is 5.75 Å². The summed E-state index contributed by atoms with van der Waals surface area (Å²) in [7, 11) is 2.00. The molecule has 1 aliphatic carbocycles. The van der Waals surface area contributed by atoms with E-state index >= 15 is 0 Å². The predicted molar refractivity (Wildman–Crippen MR) is 77.3 cm³/mol. The number of nitrogens with zero attached hydrogens (tertiary/aromatic N) is 2. The molecular formula is C16H19N3O2. The summed E-state index contributed by atoms with van der Waals surface area (Å²) in [6.45, 7) is 0. The number of nitrogens with one attached hydrogen (secondary N) is 1. The molecule has 1 N–H and O–H groups in total. The van der Waals surface area contributed by atoms with Crippen molar-refractivity contribution in [2.45, 2.75) is 43.7 Å². The molecule has 1 fully saturated rings. The largest absolute Gasteiger partial charge is 0.482 e. The van der Waals surface area contributed by atoms with Crippen LogP contribution in [-0.4, -0.2) is 23.2 Å². The van der Waals surface area contributed by atoms with E-state index in [2.05, 4.69) is 21.5 Å². The van der Waals surface area contributed by atoms with Crippen molar-refractivity contribution in [2.75, 3.05) is 7.05 Å². The van der Waals surface area contributed by atoms with Crippen LogP contribution < -0.4 is 10.1 Å². The highest BCUT2D eigenvalue weighted by molar-refractivity contribution is 5.37. The monoisotopic (exact) mass is 285 g/mol. The SMILES string of the molecule is CNC1CCCC1c1nc(C2Cc3ccccc3O2)no1. The smallest absolute Gasteiger partial charge is 0.231 e. The third-order valence-electron chi connectivity index (χ3n) is 4.60. The maximum absolute atomic E-state index is 5.92. The Hall–Kier alpha value is -1.88. The van der Waals surface area contributed by atoms with Crippen molar-refractivity contribution in [3.63, 3.8) is 0 Å². The van der Waals surface area contributed by atoms with Gasteiger partial charge in [-0.3, -0.25) is 0 Å². The topological polar surface area (TPSA) is 60.2 Å². The lowest BCUT2D eigenvalue weighted by molar-refractivity contribution is 0.220. The maximum Gasteiger partial charge on any atom is 0.231 e. The van der Waals surface area contributed by atoms with Gasteiger partial charge in [-0.2, -0.15) is 4.98 Å². The summed E-state index contributed by atoms with van der Waals surface area (Å²) in [5.41, 5.74) is 1.21. The van der Waals surface area contributed by atoms with Crippen molar-refractivity contribution in [1.82, 2.24) is 15.5 Å². The summed E-state index contributed by atoms with van der Waals surface area (Å²) in [6, 6.07) is 8.54. The molecule has 0 saturated heterocycles. The van der Waals surface area contributed by atoms with Gasteiger partial charge in [0, 0.05) is 12.5 Å². The summed E-state index contributed by atoms with van der Waals surface area (Å²) in [4.78, 5) is 4.61. The van der Waals surface area contributed by atoms with Gasteiger partial charge < -0.3 is 14.6 Å². The van der Waals surface area contributed by atoms with Crippen LogP contribution in [0.4, 0.5) is 0 Å². The number of hydrogen-bond donors (Lipinski definition) is 1. The molecule has 3 unspecified atom stereocenters. The highest BCUT2D eigenvalue weighted by Gasteiger charge is 2.34. The molecule has 21 heavy (non-hydrogen) atoms. The Morgan fingerprint density at radius 1 is 1.24 bits per heavy atom. The summed E-state index contributed by atoms with van der Waals surface area (Å²) < 4.78 is 11.4. The number of rotatable bonds is 3. The van der Waals surface area contributed by atoms with Crippen molar-refractivity contribution < 1.29 is 9.26 Å². The molecule has 0 radical (unpaired) electrons. The molecule has 0 spiro atoms. The molecule has 2 aromatic rings. The Morgan fingerprint density at radius 3 is 3.00 bits per heavy atom. The van der Waals surface area contributed by atoms with E-state index < -0.39 is 0 Å². The Morgan fingerprint density at radius 2 is 2.14 bits per heavy atom. The first-order valence-corrected chi connectivity index (χ1v) is 7.60. The van der Waals surface area contributed by atoms with Gasteiger partial charge in [0.2, 0.25) is 11.7 Å². The minimum atomic E-state index is -0.116. The molecule has 2 aliphatic rings. The lowest BCUT2D eigenvalue weighted by Crippen LogP contribution is -2.27. The first kappa shape index (κ1) is 12.8. The summed E-state index contributed by atoms with van der Waals surface area (Å²) >= 11 is 0. The maximum atomic E-state index is 5.92. The van der Waals surface area contributed by atoms with Gasteiger partial charge in [0.05, 0.1) is 5.92 Å². The molecule has 0 bridgehead atoms. The quantitative estimate of drug-likeness (QED) is 0.939. The normalized spacial score (nSPS) is 27.6. The molecule has 110 valence electrons. The number of benzene rings is 1. The summed E-state index contributed by atoms with van der Waals surface area (Å²) in [5.74, 6) is 2.69. The minimum Gasteiger partial charge on any atom is -0.482 e. The van der Waals surface area contributed by atoms with Crippen LogP contribution in [0.15, 0.2) is 28.8 Å².